The van der Waals surface area contributed by atoms with Crippen LogP contribution in [0.2, 0.25) is 5.02 Å². The highest BCUT2D eigenvalue weighted by Crippen LogP contribution is 2.38. The van der Waals surface area contributed by atoms with Crippen molar-refractivity contribution in [2.75, 3.05) is 21.3 Å². The average Bonchev–Trinajstić information content (AvgIpc) is 2.84. The van der Waals surface area contributed by atoms with Crippen molar-refractivity contribution in [1.29, 1.82) is 0 Å². The van der Waals surface area contributed by atoms with Crippen molar-refractivity contribution in [3.05, 3.63) is 82.4 Å². The normalized spacial score (nSPS) is 10.5. The summed E-state index contributed by atoms with van der Waals surface area (Å²) < 4.78 is 21.4. The van der Waals surface area contributed by atoms with Crippen LogP contribution in [0.15, 0.2) is 65.8 Å². The molecule has 8 nitrogen and oxygen atoms in total. The number of rotatable bonds is 8. The van der Waals surface area contributed by atoms with E-state index in [0.717, 1.165) is 0 Å². The van der Waals surface area contributed by atoms with Crippen LogP contribution in [0, 0.1) is 0 Å². The van der Waals surface area contributed by atoms with Crippen LogP contribution in [0.3, 0.4) is 0 Å². The van der Waals surface area contributed by atoms with Gasteiger partial charge in [-0.1, -0.05) is 23.7 Å². The number of hydrazone groups is 1. The van der Waals surface area contributed by atoms with Crippen LogP contribution < -0.4 is 24.4 Å². The van der Waals surface area contributed by atoms with Gasteiger partial charge in [-0.15, -0.1) is 0 Å². The molecule has 0 atom stereocenters. The van der Waals surface area contributed by atoms with Crippen molar-refractivity contribution >= 4 is 29.7 Å². The summed E-state index contributed by atoms with van der Waals surface area (Å²) in [7, 11) is 4.38. The third-order valence-corrected chi connectivity index (χ3v) is 4.75. The molecule has 170 valence electrons. The molecule has 0 aliphatic carbocycles. The lowest BCUT2D eigenvalue weighted by Crippen LogP contribution is -2.17. The third kappa shape index (κ3) is 5.81. The number of hydrogen-bond acceptors (Lipinski definition) is 7. The van der Waals surface area contributed by atoms with Crippen LogP contribution in [0.1, 0.15) is 26.3 Å². The number of halogens is 1. The Labute approximate surface area is 195 Å². The minimum Gasteiger partial charge on any atom is -0.493 e. The molecule has 0 heterocycles. The first-order chi connectivity index (χ1) is 16.0. The lowest BCUT2D eigenvalue weighted by molar-refractivity contribution is 0.0733. The summed E-state index contributed by atoms with van der Waals surface area (Å²) in [5.74, 6) is 0.212. The van der Waals surface area contributed by atoms with Gasteiger partial charge in [0.25, 0.3) is 5.91 Å². The van der Waals surface area contributed by atoms with Crippen LogP contribution >= 0.6 is 11.6 Å². The van der Waals surface area contributed by atoms with Gasteiger partial charge >= 0.3 is 5.97 Å². The van der Waals surface area contributed by atoms with Crippen LogP contribution in [-0.4, -0.2) is 39.4 Å². The van der Waals surface area contributed by atoms with Crippen molar-refractivity contribution in [3.63, 3.8) is 0 Å². The van der Waals surface area contributed by atoms with E-state index in [0.29, 0.717) is 33.4 Å². The Hall–Kier alpha value is -4.04. The summed E-state index contributed by atoms with van der Waals surface area (Å²) in [5.41, 5.74) is 3.51. The Morgan fingerprint density at radius 2 is 1.48 bits per heavy atom. The minimum atomic E-state index is -0.639. The number of nitrogens with one attached hydrogen (secondary N) is 1. The monoisotopic (exact) mass is 468 g/mol. The van der Waals surface area contributed by atoms with E-state index in [-0.39, 0.29) is 11.3 Å². The SMILES string of the molecule is COc1cc(C(=O)Oc2ccccc2C=NNC(=O)c2ccc(Cl)cc2)cc(OC)c1OC. The molecule has 0 aliphatic heterocycles. The summed E-state index contributed by atoms with van der Waals surface area (Å²) in [6, 6.07) is 16.1. The molecule has 9 heteroatoms. The van der Waals surface area contributed by atoms with Crippen molar-refractivity contribution in [2.24, 2.45) is 5.10 Å². The average molecular weight is 469 g/mol. The van der Waals surface area contributed by atoms with Crippen LogP contribution in [0.4, 0.5) is 0 Å². The highest BCUT2D eigenvalue weighted by Gasteiger charge is 2.19. The molecule has 3 aromatic rings. The Kier molecular flexibility index (Phi) is 7.88. The van der Waals surface area contributed by atoms with E-state index in [9.17, 15) is 9.59 Å². The van der Waals surface area contributed by atoms with Crippen LogP contribution in [0.25, 0.3) is 0 Å². The first kappa shape index (κ1) is 23.6. The summed E-state index contributed by atoms with van der Waals surface area (Å²) in [4.78, 5) is 25.0. The maximum atomic E-state index is 12.8. The molecule has 0 saturated carbocycles. The first-order valence-electron chi connectivity index (χ1n) is 9.67. The molecule has 0 saturated heterocycles. The fourth-order valence-corrected chi connectivity index (χ4v) is 2.99. The topological polar surface area (TPSA) is 95.5 Å². The zero-order valence-electron chi connectivity index (χ0n) is 18.1. The summed E-state index contributed by atoms with van der Waals surface area (Å²) in [6.45, 7) is 0. The van der Waals surface area contributed by atoms with Gasteiger partial charge in [0.1, 0.15) is 5.75 Å². The summed E-state index contributed by atoms with van der Waals surface area (Å²) >= 11 is 5.83. The first-order valence-corrected chi connectivity index (χ1v) is 10.0. The quantitative estimate of drug-likeness (QED) is 0.228. The number of amides is 1. The van der Waals surface area contributed by atoms with Gasteiger partial charge in [-0.3, -0.25) is 4.79 Å². The zero-order valence-corrected chi connectivity index (χ0v) is 18.9. The van der Waals surface area contributed by atoms with E-state index in [1.54, 1.807) is 48.5 Å². The second-order valence-corrected chi connectivity index (χ2v) is 6.98. The molecule has 3 aromatic carbocycles. The third-order valence-electron chi connectivity index (χ3n) is 4.50. The van der Waals surface area contributed by atoms with Crippen LogP contribution in [-0.2, 0) is 0 Å². The van der Waals surface area contributed by atoms with Gasteiger partial charge in [0.2, 0.25) is 5.75 Å². The van der Waals surface area contributed by atoms with Crippen molar-refractivity contribution in [2.45, 2.75) is 0 Å². The molecular formula is C24H21ClN2O6. The van der Waals surface area contributed by atoms with Crippen molar-refractivity contribution < 1.29 is 28.5 Å². The largest absolute Gasteiger partial charge is 0.493 e. The lowest BCUT2D eigenvalue weighted by Gasteiger charge is -2.14. The van der Waals surface area contributed by atoms with Gasteiger partial charge in [0, 0.05) is 16.1 Å². The molecule has 0 bridgehead atoms. The molecular weight excluding hydrogens is 448 g/mol. The molecule has 0 unspecified atom stereocenters. The Morgan fingerprint density at radius 1 is 0.848 bits per heavy atom. The predicted octanol–water partition coefficient (Wildman–Crippen LogP) is 4.35. The zero-order chi connectivity index (χ0) is 23.8. The summed E-state index contributed by atoms with van der Waals surface area (Å²) in [5, 5.41) is 4.48. The van der Waals surface area contributed by atoms with Crippen molar-refractivity contribution in [3.8, 4) is 23.0 Å². The van der Waals surface area contributed by atoms with E-state index in [1.807, 2.05) is 0 Å². The highest BCUT2D eigenvalue weighted by molar-refractivity contribution is 6.30. The Balaban J connectivity index is 1.76. The van der Waals surface area contributed by atoms with E-state index in [4.69, 9.17) is 30.5 Å². The van der Waals surface area contributed by atoms with Gasteiger partial charge in [-0.25, -0.2) is 10.2 Å². The Bertz CT molecular complexity index is 1150. The Morgan fingerprint density at radius 3 is 2.09 bits per heavy atom. The van der Waals surface area contributed by atoms with Gasteiger partial charge in [0.05, 0.1) is 33.1 Å². The molecule has 0 fully saturated rings. The number of nitrogens with zero attached hydrogens (tertiary/aromatic N) is 1. The van der Waals surface area contributed by atoms with Gasteiger partial charge in [0.15, 0.2) is 11.5 Å². The number of ether oxygens (including phenoxy) is 4. The molecule has 0 aliphatic rings. The van der Waals surface area contributed by atoms with Crippen LogP contribution in [0.5, 0.6) is 23.0 Å². The number of carbonyl (C=O) groups excluding carboxylic acids is 2. The molecule has 0 spiro atoms. The fourth-order valence-electron chi connectivity index (χ4n) is 2.86. The van der Waals surface area contributed by atoms with Gasteiger partial charge < -0.3 is 18.9 Å². The van der Waals surface area contributed by atoms with E-state index < -0.39 is 11.9 Å². The van der Waals surface area contributed by atoms with Crippen molar-refractivity contribution in [1.82, 2.24) is 5.43 Å². The van der Waals surface area contributed by atoms with Gasteiger partial charge in [-0.2, -0.15) is 5.10 Å². The lowest BCUT2D eigenvalue weighted by atomic mass is 10.1. The highest BCUT2D eigenvalue weighted by atomic mass is 35.5. The number of carbonyl (C=O) groups is 2. The number of para-hydroxylation sites is 1. The maximum absolute atomic E-state index is 12.8. The second kappa shape index (κ2) is 11.0. The molecule has 1 N–H and O–H groups in total. The maximum Gasteiger partial charge on any atom is 0.343 e. The number of benzene rings is 3. The van der Waals surface area contributed by atoms with E-state index in [2.05, 4.69) is 10.5 Å². The molecule has 1 amide bonds. The molecule has 0 aromatic heterocycles. The summed E-state index contributed by atoms with van der Waals surface area (Å²) in [6.07, 6.45) is 1.38. The molecule has 0 radical (unpaired) electrons. The predicted molar refractivity (Wildman–Crippen MR) is 124 cm³/mol. The minimum absolute atomic E-state index is 0.201. The van der Waals surface area contributed by atoms with Gasteiger partial charge in [-0.05, 0) is 48.5 Å². The smallest absolute Gasteiger partial charge is 0.343 e. The van der Waals surface area contributed by atoms with E-state index >= 15 is 0 Å². The number of hydrogen-bond donors (Lipinski definition) is 1. The molecule has 33 heavy (non-hydrogen) atoms. The number of methoxy groups -OCH3 is 3. The fraction of sp³-hybridized carbons (Fsp3) is 0.125. The molecule has 3 rings (SSSR count). The van der Waals surface area contributed by atoms with E-state index in [1.165, 1.54) is 39.7 Å². The standard InChI is InChI=1S/C24H21ClN2O6/c1-30-20-12-17(13-21(31-2)22(20)32-3)24(29)33-19-7-5-4-6-16(19)14-26-27-23(28)15-8-10-18(25)11-9-15/h4-14H,1-3H3,(H,27,28). The second-order valence-electron chi connectivity index (χ2n) is 6.55. The number of esters is 1.